The SMILES string of the molecule is Cc1cc2cc(O)c(F)cc2c(=O)[nH]1. The fourth-order valence-electron chi connectivity index (χ4n) is 1.41. The molecule has 1 aromatic carbocycles. The van der Waals surface area contributed by atoms with E-state index in [0.717, 1.165) is 6.07 Å². The summed E-state index contributed by atoms with van der Waals surface area (Å²) in [6.45, 7) is 1.72. The molecule has 0 unspecified atom stereocenters. The third-order valence-corrected chi connectivity index (χ3v) is 2.05. The van der Waals surface area contributed by atoms with Gasteiger partial charge in [0.1, 0.15) is 0 Å². The number of hydrogen-bond donors (Lipinski definition) is 2. The van der Waals surface area contributed by atoms with Crippen LogP contribution in [0.3, 0.4) is 0 Å². The Bertz CT molecular complexity index is 560. The van der Waals surface area contributed by atoms with E-state index in [1.54, 1.807) is 13.0 Å². The first-order chi connectivity index (χ1) is 6.58. The standard InChI is InChI=1S/C10H8FNO2/c1-5-2-6-3-9(13)8(11)4-7(6)10(14)12-5/h2-4,13H,1H3,(H,12,14). The van der Waals surface area contributed by atoms with E-state index in [1.165, 1.54) is 6.07 Å². The van der Waals surface area contributed by atoms with Crippen LogP contribution in [0.15, 0.2) is 23.0 Å². The van der Waals surface area contributed by atoms with Crippen LogP contribution in [0.25, 0.3) is 10.8 Å². The fourth-order valence-corrected chi connectivity index (χ4v) is 1.41. The number of aryl methyl sites for hydroxylation is 1. The maximum Gasteiger partial charge on any atom is 0.256 e. The molecule has 4 heteroatoms. The third kappa shape index (κ3) is 1.25. The van der Waals surface area contributed by atoms with Crippen LogP contribution in [0.4, 0.5) is 4.39 Å². The van der Waals surface area contributed by atoms with E-state index in [9.17, 15) is 9.18 Å². The van der Waals surface area contributed by atoms with E-state index in [4.69, 9.17) is 5.11 Å². The molecule has 2 rings (SSSR count). The summed E-state index contributed by atoms with van der Waals surface area (Å²) in [5, 5.41) is 9.89. The molecule has 1 heterocycles. The summed E-state index contributed by atoms with van der Waals surface area (Å²) in [4.78, 5) is 13.9. The lowest BCUT2D eigenvalue weighted by Crippen LogP contribution is -2.07. The van der Waals surface area contributed by atoms with Gasteiger partial charge in [0.2, 0.25) is 0 Å². The number of fused-ring (bicyclic) bond motifs is 1. The minimum absolute atomic E-state index is 0.242. The van der Waals surface area contributed by atoms with Gasteiger partial charge in [-0.25, -0.2) is 4.39 Å². The van der Waals surface area contributed by atoms with Crippen molar-refractivity contribution in [3.05, 3.63) is 40.1 Å². The quantitative estimate of drug-likeness (QED) is 0.668. The van der Waals surface area contributed by atoms with E-state index < -0.39 is 11.6 Å². The van der Waals surface area contributed by atoms with Gasteiger partial charge in [-0.2, -0.15) is 0 Å². The maximum absolute atomic E-state index is 12.9. The smallest absolute Gasteiger partial charge is 0.256 e. The molecular weight excluding hydrogens is 185 g/mol. The number of aromatic amines is 1. The minimum Gasteiger partial charge on any atom is -0.505 e. The topological polar surface area (TPSA) is 53.1 Å². The molecular formula is C10H8FNO2. The van der Waals surface area contributed by atoms with Gasteiger partial charge >= 0.3 is 0 Å². The number of pyridine rings is 1. The van der Waals surface area contributed by atoms with E-state index in [-0.39, 0.29) is 10.9 Å². The van der Waals surface area contributed by atoms with Crippen molar-refractivity contribution in [2.24, 2.45) is 0 Å². The Morgan fingerprint density at radius 3 is 2.79 bits per heavy atom. The van der Waals surface area contributed by atoms with Crippen LogP contribution in [-0.4, -0.2) is 10.1 Å². The highest BCUT2D eigenvalue weighted by molar-refractivity contribution is 5.83. The van der Waals surface area contributed by atoms with Crippen molar-refractivity contribution in [3.8, 4) is 5.75 Å². The molecule has 2 aromatic rings. The summed E-state index contributed by atoms with van der Waals surface area (Å²) in [7, 11) is 0. The molecule has 0 fully saturated rings. The first-order valence-corrected chi connectivity index (χ1v) is 4.10. The Morgan fingerprint density at radius 2 is 2.07 bits per heavy atom. The zero-order chi connectivity index (χ0) is 10.3. The van der Waals surface area contributed by atoms with Gasteiger partial charge in [-0.1, -0.05) is 0 Å². The van der Waals surface area contributed by atoms with Crippen molar-refractivity contribution in [1.29, 1.82) is 0 Å². The molecule has 0 aliphatic carbocycles. The summed E-state index contributed by atoms with van der Waals surface area (Å²) in [5.41, 5.74) is 0.326. The lowest BCUT2D eigenvalue weighted by Gasteiger charge is -2.00. The van der Waals surface area contributed by atoms with Crippen LogP contribution in [-0.2, 0) is 0 Å². The van der Waals surface area contributed by atoms with Crippen LogP contribution in [0.5, 0.6) is 5.75 Å². The number of benzene rings is 1. The molecule has 0 aliphatic heterocycles. The molecule has 0 saturated carbocycles. The second-order valence-corrected chi connectivity index (χ2v) is 3.17. The summed E-state index contributed by atoms with van der Waals surface area (Å²) in [5.74, 6) is -1.23. The molecule has 14 heavy (non-hydrogen) atoms. The molecule has 0 atom stereocenters. The Labute approximate surface area is 78.8 Å². The number of phenols is 1. The van der Waals surface area contributed by atoms with Crippen molar-refractivity contribution < 1.29 is 9.50 Å². The van der Waals surface area contributed by atoms with Crippen molar-refractivity contribution in [2.75, 3.05) is 0 Å². The van der Waals surface area contributed by atoms with E-state index in [2.05, 4.69) is 4.98 Å². The number of rotatable bonds is 0. The number of hydrogen-bond acceptors (Lipinski definition) is 2. The number of aromatic nitrogens is 1. The lowest BCUT2D eigenvalue weighted by atomic mass is 10.1. The molecule has 3 nitrogen and oxygen atoms in total. The van der Waals surface area contributed by atoms with Crippen LogP contribution >= 0.6 is 0 Å². The average molecular weight is 193 g/mol. The maximum atomic E-state index is 12.9. The second kappa shape index (κ2) is 2.83. The molecule has 0 spiro atoms. The Hall–Kier alpha value is -1.84. The molecule has 1 aromatic heterocycles. The van der Waals surface area contributed by atoms with Gasteiger partial charge in [-0.3, -0.25) is 4.79 Å². The summed E-state index contributed by atoms with van der Waals surface area (Å²) in [6.07, 6.45) is 0. The molecule has 0 amide bonds. The van der Waals surface area contributed by atoms with Gasteiger partial charge in [-0.15, -0.1) is 0 Å². The minimum atomic E-state index is -0.785. The molecule has 0 bridgehead atoms. The molecule has 2 N–H and O–H groups in total. The van der Waals surface area contributed by atoms with Crippen molar-refractivity contribution in [1.82, 2.24) is 4.98 Å². The Balaban J connectivity index is 2.96. The van der Waals surface area contributed by atoms with Crippen LogP contribution in [0.1, 0.15) is 5.69 Å². The summed E-state index contributed by atoms with van der Waals surface area (Å²) < 4.78 is 12.9. The normalized spacial score (nSPS) is 10.7. The van der Waals surface area contributed by atoms with Crippen molar-refractivity contribution in [3.63, 3.8) is 0 Å². The zero-order valence-corrected chi connectivity index (χ0v) is 7.47. The number of phenolic OH excluding ortho intramolecular Hbond substituents is 1. The predicted octanol–water partition coefficient (Wildman–Crippen LogP) is 1.68. The molecule has 72 valence electrons. The number of nitrogens with one attached hydrogen (secondary N) is 1. The van der Waals surface area contributed by atoms with Crippen LogP contribution in [0, 0.1) is 12.7 Å². The van der Waals surface area contributed by atoms with Gasteiger partial charge in [0.05, 0.1) is 5.39 Å². The number of halogens is 1. The number of aromatic hydroxyl groups is 1. The highest BCUT2D eigenvalue weighted by atomic mass is 19.1. The van der Waals surface area contributed by atoms with Gasteiger partial charge in [0.25, 0.3) is 5.56 Å². The average Bonchev–Trinajstić information content (AvgIpc) is 2.08. The van der Waals surface area contributed by atoms with Crippen LogP contribution < -0.4 is 5.56 Å². The van der Waals surface area contributed by atoms with Gasteiger partial charge < -0.3 is 10.1 Å². The van der Waals surface area contributed by atoms with Gasteiger partial charge in [0, 0.05) is 5.69 Å². The molecule has 0 saturated heterocycles. The van der Waals surface area contributed by atoms with Gasteiger partial charge in [0.15, 0.2) is 11.6 Å². The highest BCUT2D eigenvalue weighted by Gasteiger charge is 2.05. The van der Waals surface area contributed by atoms with E-state index >= 15 is 0 Å². The summed E-state index contributed by atoms with van der Waals surface area (Å²) in [6, 6.07) is 3.95. The highest BCUT2D eigenvalue weighted by Crippen LogP contribution is 2.21. The van der Waals surface area contributed by atoms with E-state index in [0.29, 0.717) is 11.1 Å². The lowest BCUT2D eigenvalue weighted by molar-refractivity contribution is 0.433. The second-order valence-electron chi connectivity index (χ2n) is 3.17. The van der Waals surface area contributed by atoms with Crippen LogP contribution in [0.2, 0.25) is 0 Å². The summed E-state index contributed by atoms with van der Waals surface area (Å²) >= 11 is 0. The molecule has 0 radical (unpaired) electrons. The largest absolute Gasteiger partial charge is 0.505 e. The number of H-pyrrole nitrogens is 1. The first kappa shape index (κ1) is 8.74. The monoisotopic (exact) mass is 193 g/mol. The van der Waals surface area contributed by atoms with Crippen molar-refractivity contribution in [2.45, 2.75) is 6.92 Å². The predicted molar refractivity (Wildman–Crippen MR) is 50.9 cm³/mol. The Morgan fingerprint density at radius 1 is 1.36 bits per heavy atom. The fraction of sp³-hybridized carbons (Fsp3) is 0.100. The van der Waals surface area contributed by atoms with Crippen molar-refractivity contribution >= 4 is 10.8 Å². The first-order valence-electron chi connectivity index (χ1n) is 4.10. The zero-order valence-electron chi connectivity index (χ0n) is 7.47. The van der Waals surface area contributed by atoms with E-state index in [1.807, 2.05) is 0 Å². The third-order valence-electron chi connectivity index (χ3n) is 2.05. The Kier molecular flexibility index (Phi) is 1.77. The molecule has 0 aliphatic rings. The van der Waals surface area contributed by atoms with Gasteiger partial charge in [-0.05, 0) is 30.5 Å².